The predicted molar refractivity (Wildman–Crippen MR) is 83.7 cm³/mol. The van der Waals surface area contributed by atoms with Gasteiger partial charge in [-0.2, -0.15) is 0 Å². The summed E-state index contributed by atoms with van der Waals surface area (Å²) in [6.45, 7) is 6.18. The summed E-state index contributed by atoms with van der Waals surface area (Å²) in [6, 6.07) is 0.401. The van der Waals surface area contributed by atoms with Crippen molar-refractivity contribution in [3.63, 3.8) is 0 Å². The second-order valence-electron chi connectivity index (χ2n) is 5.33. The van der Waals surface area contributed by atoms with Crippen LogP contribution in [-0.2, 0) is 20.7 Å². The molecule has 0 amide bonds. The highest BCUT2D eigenvalue weighted by Crippen LogP contribution is 2.24. The molecule has 0 bridgehead atoms. The van der Waals surface area contributed by atoms with E-state index in [-0.39, 0.29) is 5.97 Å². The number of esters is 1. The van der Waals surface area contributed by atoms with Crippen LogP contribution in [0.2, 0.25) is 0 Å². The lowest BCUT2D eigenvalue weighted by Crippen LogP contribution is -2.30. The standard InChI is InChI=1S/C15H24N2O3S/c1-3-20-14(18)5-4-13-10-21-15(17-13)16-11(2)12-6-8-19-9-7-12/h10-12H,3-9H2,1-2H3,(H,16,17). The number of thiazole rings is 1. The van der Waals surface area contributed by atoms with Crippen LogP contribution < -0.4 is 5.32 Å². The van der Waals surface area contributed by atoms with Gasteiger partial charge in [-0.15, -0.1) is 11.3 Å². The van der Waals surface area contributed by atoms with Crippen LogP contribution in [0.5, 0.6) is 0 Å². The van der Waals surface area contributed by atoms with Crippen molar-refractivity contribution in [3.05, 3.63) is 11.1 Å². The van der Waals surface area contributed by atoms with Crippen molar-refractivity contribution in [1.29, 1.82) is 0 Å². The Morgan fingerprint density at radius 3 is 3.05 bits per heavy atom. The number of carbonyl (C=O) groups excluding carboxylic acids is 1. The Morgan fingerprint density at radius 1 is 1.57 bits per heavy atom. The Morgan fingerprint density at radius 2 is 2.33 bits per heavy atom. The van der Waals surface area contributed by atoms with Crippen LogP contribution in [0.15, 0.2) is 5.38 Å². The second-order valence-corrected chi connectivity index (χ2v) is 6.19. The lowest BCUT2D eigenvalue weighted by atomic mass is 9.93. The first kappa shape index (κ1) is 16.2. The van der Waals surface area contributed by atoms with Gasteiger partial charge in [-0.05, 0) is 32.6 Å². The molecule has 0 saturated carbocycles. The minimum Gasteiger partial charge on any atom is -0.466 e. The second kappa shape index (κ2) is 8.34. The molecule has 1 atom stereocenters. The van der Waals surface area contributed by atoms with Crippen LogP contribution in [0.1, 0.15) is 38.8 Å². The van der Waals surface area contributed by atoms with Gasteiger partial charge >= 0.3 is 5.97 Å². The highest BCUT2D eigenvalue weighted by molar-refractivity contribution is 7.13. The summed E-state index contributed by atoms with van der Waals surface area (Å²) in [5, 5.41) is 6.43. The average Bonchev–Trinajstić information content (AvgIpc) is 2.94. The molecule has 0 spiro atoms. The number of nitrogens with one attached hydrogen (secondary N) is 1. The third kappa shape index (κ3) is 5.28. The van der Waals surface area contributed by atoms with E-state index >= 15 is 0 Å². The maximum atomic E-state index is 11.3. The minimum atomic E-state index is -0.157. The molecule has 21 heavy (non-hydrogen) atoms. The Kier molecular flexibility index (Phi) is 6.45. The molecule has 6 heteroatoms. The van der Waals surface area contributed by atoms with Crippen molar-refractivity contribution in [2.24, 2.45) is 5.92 Å². The smallest absolute Gasteiger partial charge is 0.306 e. The zero-order valence-corrected chi connectivity index (χ0v) is 13.6. The first-order chi connectivity index (χ1) is 10.2. The summed E-state index contributed by atoms with van der Waals surface area (Å²) in [4.78, 5) is 15.9. The lowest BCUT2D eigenvalue weighted by molar-refractivity contribution is -0.143. The van der Waals surface area contributed by atoms with E-state index in [4.69, 9.17) is 9.47 Å². The fourth-order valence-corrected chi connectivity index (χ4v) is 3.32. The van der Waals surface area contributed by atoms with Crippen LogP contribution in [0.3, 0.4) is 0 Å². The van der Waals surface area contributed by atoms with E-state index in [2.05, 4.69) is 17.2 Å². The molecule has 0 aliphatic carbocycles. The maximum Gasteiger partial charge on any atom is 0.306 e. The maximum absolute atomic E-state index is 11.3. The summed E-state index contributed by atoms with van der Waals surface area (Å²) in [5.74, 6) is 0.487. The van der Waals surface area contributed by atoms with Crippen molar-refractivity contribution < 1.29 is 14.3 Å². The number of ether oxygens (including phenoxy) is 2. The number of carbonyl (C=O) groups is 1. The van der Waals surface area contributed by atoms with Crippen molar-refractivity contribution in [2.75, 3.05) is 25.1 Å². The molecule has 2 rings (SSSR count). The van der Waals surface area contributed by atoms with Crippen LogP contribution in [-0.4, -0.2) is 36.8 Å². The van der Waals surface area contributed by atoms with Gasteiger partial charge in [0.1, 0.15) is 0 Å². The number of hydrogen-bond donors (Lipinski definition) is 1. The van der Waals surface area contributed by atoms with Gasteiger partial charge in [0.2, 0.25) is 0 Å². The van der Waals surface area contributed by atoms with E-state index < -0.39 is 0 Å². The fourth-order valence-electron chi connectivity index (χ4n) is 2.48. The lowest BCUT2D eigenvalue weighted by Gasteiger charge is -2.28. The summed E-state index contributed by atoms with van der Waals surface area (Å²) < 4.78 is 10.3. The monoisotopic (exact) mass is 312 g/mol. The van der Waals surface area contributed by atoms with Crippen molar-refractivity contribution in [3.8, 4) is 0 Å². The quantitative estimate of drug-likeness (QED) is 0.785. The highest BCUT2D eigenvalue weighted by atomic mass is 32.1. The third-order valence-corrected chi connectivity index (χ3v) is 4.59. The number of anilines is 1. The van der Waals surface area contributed by atoms with Gasteiger partial charge in [-0.3, -0.25) is 4.79 Å². The fraction of sp³-hybridized carbons (Fsp3) is 0.733. The van der Waals surface area contributed by atoms with Crippen LogP contribution >= 0.6 is 11.3 Å². The minimum absolute atomic E-state index is 0.157. The third-order valence-electron chi connectivity index (χ3n) is 3.77. The summed E-state index contributed by atoms with van der Waals surface area (Å²) >= 11 is 1.60. The zero-order valence-electron chi connectivity index (χ0n) is 12.8. The Labute approximate surface area is 130 Å². The summed E-state index contributed by atoms with van der Waals surface area (Å²) in [7, 11) is 0. The van der Waals surface area contributed by atoms with E-state index in [0.717, 1.165) is 36.9 Å². The molecule has 118 valence electrons. The predicted octanol–water partition coefficient (Wildman–Crippen LogP) is 2.87. The molecule has 1 aliphatic rings. The van der Waals surface area contributed by atoms with Gasteiger partial charge in [-0.25, -0.2) is 4.98 Å². The topological polar surface area (TPSA) is 60.5 Å². The van der Waals surface area contributed by atoms with Crippen molar-refractivity contribution >= 4 is 22.4 Å². The van der Waals surface area contributed by atoms with E-state index in [1.807, 2.05) is 12.3 Å². The van der Waals surface area contributed by atoms with E-state index in [1.165, 1.54) is 0 Å². The number of aryl methyl sites for hydroxylation is 1. The van der Waals surface area contributed by atoms with Crippen LogP contribution in [0.4, 0.5) is 5.13 Å². The Balaban J connectivity index is 1.78. The first-order valence-corrected chi connectivity index (χ1v) is 8.51. The molecule has 1 aromatic rings. The molecular weight excluding hydrogens is 288 g/mol. The Hall–Kier alpha value is -1.14. The van der Waals surface area contributed by atoms with Crippen LogP contribution in [0, 0.1) is 5.92 Å². The molecule has 1 N–H and O–H groups in total. The van der Waals surface area contributed by atoms with E-state index in [9.17, 15) is 4.79 Å². The zero-order chi connectivity index (χ0) is 15.1. The largest absolute Gasteiger partial charge is 0.466 e. The SMILES string of the molecule is CCOC(=O)CCc1csc(NC(C)C2CCOCC2)n1. The van der Waals surface area contributed by atoms with Crippen LogP contribution in [0.25, 0.3) is 0 Å². The molecule has 1 fully saturated rings. The molecule has 1 saturated heterocycles. The molecule has 0 radical (unpaired) electrons. The molecule has 0 aromatic carbocycles. The summed E-state index contributed by atoms with van der Waals surface area (Å²) in [6.07, 6.45) is 3.25. The number of hydrogen-bond acceptors (Lipinski definition) is 6. The molecule has 1 aromatic heterocycles. The first-order valence-electron chi connectivity index (χ1n) is 7.63. The van der Waals surface area contributed by atoms with E-state index in [0.29, 0.717) is 31.4 Å². The molecule has 2 heterocycles. The normalized spacial score (nSPS) is 17.4. The molecule has 1 unspecified atom stereocenters. The molecular formula is C15H24N2O3S. The van der Waals surface area contributed by atoms with Gasteiger partial charge in [0.25, 0.3) is 0 Å². The summed E-state index contributed by atoms with van der Waals surface area (Å²) in [5.41, 5.74) is 0.953. The Bertz CT molecular complexity index is 444. The number of rotatable bonds is 7. The van der Waals surface area contributed by atoms with Gasteiger partial charge in [0, 0.05) is 31.1 Å². The molecule has 1 aliphatic heterocycles. The van der Waals surface area contributed by atoms with Gasteiger partial charge in [-0.1, -0.05) is 0 Å². The number of nitrogens with zero attached hydrogens (tertiary/aromatic N) is 1. The van der Waals surface area contributed by atoms with E-state index in [1.54, 1.807) is 11.3 Å². The van der Waals surface area contributed by atoms with Gasteiger partial charge < -0.3 is 14.8 Å². The highest BCUT2D eigenvalue weighted by Gasteiger charge is 2.21. The number of aromatic nitrogens is 1. The molecule has 5 nitrogen and oxygen atoms in total. The van der Waals surface area contributed by atoms with Crippen molar-refractivity contribution in [1.82, 2.24) is 4.98 Å². The van der Waals surface area contributed by atoms with Crippen molar-refractivity contribution in [2.45, 2.75) is 45.6 Å². The van der Waals surface area contributed by atoms with Gasteiger partial charge in [0.15, 0.2) is 5.13 Å². The average molecular weight is 312 g/mol. The van der Waals surface area contributed by atoms with Gasteiger partial charge in [0.05, 0.1) is 18.7 Å².